The van der Waals surface area contributed by atoms with Crippen molar-refractivity contribution < 1.29 is 4.39 Å². The second kappa shape index (κ2) is 4.78. The van der Waals surface area contributed by atoms with Crippen molar-refractivity contribution in [1.29, 1.82) is 0 Å². The van der Waals surface area contributed by atoms with Gasteiger partial charge in [-0.25, -0.2) is 4.39 Å². The topological polar surface area (TPSA) is 12.0 Å². The molecule has 102 valence electrons. The first-order valence-corrected chi connectivity index (χ1v) is 8.47. The van der Waals surface area contributed by atoms with Crippen LogP contribution in [0, 0.1) is 17.7 Å². The highest BCUT2D eigenvalue weighted by Crippen LogP contribution is 2.46. The first kappa shape index (κ1) is 12.2. The molecular weight excluding hydrogens is 257 g/mol. The molecule has 1 heterocycles. The fraction of sp³-hybridized carbons (Fsp3) is 0.625. The molecule has 1 nitrogen and oxygen atoms in total. The van der Waals surface area contributed by atoms with Crippen molar-refractivity contribution in [2.45, 2.75) is 49.1 Å². The molecule has 2 saturated carbocycles. The zero-order chi connectivity index (χ0) is 12.8. The molecule has 0 aromatic heterocycles. The fourth-order valence-corrected chi connectivity index (χ4v) is 5.41. The summed E-state index contributed by atoms with van der Waals surface area (Å²) in [6.07, 6.45) is 6.75. The molecule has 0 radical (unpaired) electrons. The predicted octanol–water partition coefficient (Wildman–Crippen LogP) is 4.14. The summed E-state index contributed by atoms with van der Waals surface area (Å²) >= 11 is 1.68. The molecule has 1 aliphatic heterocycles. The molecule has 2 bridgehead atoms. The third-order valence-corrected chi connectivity index (χ3v) is 6.34. The molecule has 1 N–H and O–H groups in total. The molecule has 4 atom stereocenters. The number of thioether (sulfide) groups is 1. The molecule has 3 heteroatoms. The molecular formula is C16H20FNS. The number of rotatable bonds is 2. The van der Waals surface area contributed by atoms with Gasteiger partial charge in [-0.3, -0.25) is 0 Å². The number of hydrogen-bond donors (Lipinski definition) is 1. The second-order valence-corrected chi connectivity index (χ2v) is 7.40. The SMILES string of the molecule is Fc1cccc2c1SCCC2NC1CC2CCC1C2. The lowest BCUT2D eigenvalue weighted by Gasteiger charge is -2.32. The molecule has 4 unspecified atom stereocenters. The number of hydrogen-bond acceptors (Lipinski definition) is 2. The second-order valence-electron chi connectivity index (χ2n) is 6.30. The maximum atomic E-state index is 13.9. The highest BCUT2D eigenvalue weighted by Gasteiger charge is 2.40. The highest BCUT2D eigenvalue weighted by molar-refractivity contribution is 7.99. The van der Waals surface area contributed by atoms with Crippen LogP contribution in [0.25, 0.3) is 0 Å². The van der Waals surface area contributed by atoms with Gasteiger partial charge in [-0.15, -0.1) is 11.8 Å². The standard InChI is InChI=1S/C16H20FNS/c17-13-3-1-2-12-14(6-7-19-16(12)13)18-15-9-10-4-5-11(15)8-10/h1-3,10-11,14-15,18H,4-9H2. The number of fused-ring (bicyclic) bond motifs is 3. The summed E-state index contributed by atoms with van der Waals surface area (Å²) in [7, 11) is 0. The van der Waals surface area contributed by atoms with Gasteiger partial charge in [0.2, 0.25) is 0 Å². The maximum absolute atomic E-state index is 13.9. The van der Waals surface area contributed by atoms with Gasteiger partial charge in [0.05, 0.1) is 0 Å². The first-order chi connectivity index (χ1) is 9.31. The van der Waals surface area contributed by atoms with Gasteiger partial charge in [-0.05, 0) is 54.9 Å². The smallest absolute Gasteiger partial charge is 0.137 e. The van der Waals surface area contributed by atoms with E-state index in [1.54, 1.807) is 17.8 Å². The van der Waals surface area contributed by atoms with Crippen molar-refractivity contribution >= 4 is 11.8 Å². The van der Waals surface area contributed by atoms with Gasteiger partial charge in [0.15, 0.2) is 0 Å². The molecule has 2 fully saturated rings. The summed E-state index contributed by atoms with van der Waals surface area (Å²) < 4.78 is 13.9. The molecule has 4 rings (SSSR count). The minimum atomic E-state index is -0.0399. The Kier molecular flexibility index (Phi) is 3.07. The molecule has 1 aromatic rings. The summed E-state index contributed by atoms with van der Waals surface area (Å²) in [5, 5.41) is 3.85. The molecule has 19 heavy (non-hydrogen) atoms. The van der Waals surface area contributed by atoms with Crippen molar-refractivity contribution in [3.05, 3.63) is 29.6 Å². The van der Waals surface area contributed by atoms with Crippen LogP contribution in [0.5, 0.6) is 0 Å². The van der Waals surface area contributed by atoms with Crippen molar-refractivity contribution in [2.24, 2.45) is 11.8 Å². The van der Waals surface area contributed by atoms with Gasteiger partial charge in [-0.2, -0.15) is 0 Å². The third kappa shape index (κ3) is 2.11. The summed E-state index contributed by atoms with van der Waals surface area (Å²) in [4.78, 5) is 0.884. The van der Waals surface area contributed by atoms with Gasteiger partial charge >= 0.3 is 0 Å². The van der Waals surface area contributed by atoms with Crippen LogP contribution >= 0.6 is 11.8 Å². The maximum Gasteiger partial charge on any atom is 0.137 e. The Morgan fingerprint density at radius 1 is 1.16 bits per heavy atom. The summed E-state index contributed by atoms with van der Waals surface area (Å²) in [6.45, 7) is 0. The zero-order valence-electron chi connectivity index (χ0n) is 11.1. The van der Waals surface area contributed by atoms with E-state index in [4.69, 9.17) is 0 Å². The van der Waals surface area contributed by atoms with Gasteiger partial charge in [0.25, 0.3) is 0 Å². The van der Waals surface area contributed by atoms with E-state index in [1.807, 2.05) is 6.07 Å². The van der Waals surface area contributed by atoms with Gasteiger partial charge in [0, 0.05) is 17.0 Å². The lowest BCUT2D eigenvalue weighted by molar-refractivity contribution is 0.313. The van der Waals surface area contributed by atoms with Gasteiger partial charge < -0.3 is 5.32 Å². The Labute approximate surface area is 118 Å². The van der Waals surface area contributed by atoms with Crippen LogP contribution in [-0.4, -0.2) is 11.8 Å². The first-order valence-electron chi connectivity index (χ1n) is 7.48. The highest BCUT2D eigenvalue weighted by atomic mass is 32.2. The van der Waals surface area contributed by atoms with E-state index in [9.17, 15) is 4.39 Å². The van der Waals surface area contributed by atoms with E-state index in [1.165, 1.54) is 31.2 Å². The molecule has 3 aliphatic rings. The van der Waals surface area contributed by atoms with E-state index in [0.29, 0.717) is 12.1 Å². The minimum Gasteiger partial charge on any atom is -0.307 e. The molecule has 0 saturated heterocycles. The lowest BCUT2D eigenvalue weighted by atomic mass is 9.93. The van der Waals surface area contributed by atoms with Crippen molar-refractivity contribution in [3.63, 3.8) is 0 Å². The summed E-state index contributed by atoms with van der Waals surface area (Å²) in [6, 6.07) is 6.61. The summed E-state index contributed by atoms with van der Waals surface area (Å²) in [5.41, 5.74) is 1.19. The van der Waals surface area contributed by atoms with E-state index >= 15 is 0 Å². The van der Waals surface area contributed by atoms with Gasteiger partial charge in [-0.1, -0.05) is 18.6 Å². The average molecular weight is 277 g/mol. The Morgan fingerprint density at radius 3 is 2.89 bits per heavy atom. The van der Waals surface area contributed by atoms with Crippen LogP contribution in [0.15, 0.2) is 23.1 Å². The average Bonchev–Trinajstić information content (AvgIpc) is 3.02. The molecule has 1 aromatic carbocycles. The predicted molar refractivity (Wildman–Crippen MR) is 76.9 cm³/mol. The molecule has 2 aliphatic carbocycles. The quantitative estimate of drug-likeness (QED) is 0.872. The van der Waals surface area contributed by atoms with Gasteiger partial charge in [0.1, 0.15) is 5.82 Å². The van der Waals surface area contributed by atoms with E-state index < -0.39 is 0 Å². The van der Waals surface area contributed by atoms with Crippen LogP contribution in [0.3, 0.4) is 0 Å². The molecule has 0 spiro atoms. The van der Waals surface area contributed by atoms with Crippen LogP contribution in [0.4, 0.5) is 4.39 Å². The van der Waals surface area contributed by atoms with E-state index in [-0.39, 0.29) is 5.82 Å². The zero-order valence-corrected chi connectivity index (χ0v) is 11.9. The van der Waals surface area contributed by atoms with E-state index in [2.05, 4.69) is 11.4 Å². The van der Waals surface area contributed by atoms with Crippen LogP contribution in [0.2, 0.25) is 0 Å². The number of benzene rings is 1. The van der Waals surface area contributed by atoms with Crippen LogP contribution in [0.1, 0.15) is 43.7 Å². The van der Waals surface area contributed by atoms with Crippen LogP contribution < -0.4 is 5.32 Å². The van der Waals surface area contributed by atoms with Crippen molar-refractivity contribution in [1.82, 2.24) is 5.32 Å². The normalized spacial score (nSPS) is 36.5. The number of halogens is 1. The third-order valence-electron chi connectivity index (χ3n) is 5.18. The van der Waals surface area contributed by atoms with Crippen molar-refractivity contribution in [3.8, 4) is 0 Å². The summed E-state index contributed by atoms with van der Waals surface area (Å²) in [5.74, 6) is 2.85. The lowest BCUT2D eigenvalue weighted by Crippen LogP contribution is -2.38. The largest absolute Gasteiger partial charge is 0.307 e. The Morgan fingerprint density at radius 2 is 2.11 bits per heavy atom. The Hall–Kier alpha value is -0.540. The molecule has 0 amide bonds. The minimum absolute atomic E-state index is 0.0399. The fourth-order valence-electron chi connectivity index (χ4n) is 4.27. The van der Waals surface area contributed by atoms with E-state index in [0.717, 1.165) is 28.9 Å². The number of nitrogens with one attached hydrogen (secondary N) is 1. The Balaban J connectivity index is 1.55. The Bertz CT molecular complexity index is 490. The monoisotopic (exact) mass is 277 g/mol. The van der Waals surface area contributed by atoms with Crippen LogP contribution in [-0.2, 0) is 0 Å². The van der Waals surface area contributed by atoms with Crippen molar-refractivity contribution in [2.75, 3.05) is 5.75 Å².